The van der Waals surface area contributed by atoms with Gasteiger partial charge in [0, 0.05) is 12.0 Å². The lowest BCUT2D eigenvalue weighted by Gasteiger charge is -2.34. The number of rotatable bonds is 4. The average molecular weight is 355 g/mol. The van der Waals surface area contributed by atoms with E-state index in [9.17, 15) is 13.6 Å². The quantitative estimate of drug-likeness (QED) is 0.792. The normalized spacial score (nSPS) is 16.8. The fourth-order valence-corrected chi connectivity index (χ4v) is 3.18. The van der Waals surface area contributed by atoms with Crippen molar-refractivity contribution < 1.29 is 13.6 Å². The molecule has 0 spiro atoms. The molecule has 8 heteroatoms. The molecule has 1 aliphatic heterocycles. The Labute approximate surface area is 143 Å². The third kappa shape index (κ3) is 3.26. The second kappa shape index (κ2) is 6.84. The Balaban J connectivity index is 1.86. The maximum absolute atomic E-state index is 13.9. The van der Waals surface area contributed by atoms with Crippen molar-refractivity contribution in [2.75, 3.05) is 5.88 Å². The molecule has 0 bridgehead atoms. The Hall–Kier alpha value is -2.02. The molecule has 0 saturated heterocycles. The molecule has 128 valence electrons. The summed E-state index contributed by atoms with van der Waals surface area (Å²) in [5, 5.41) is 4.30. The topological polar surface area (TPSA) is 51.0 Å². The molecule has 3 rings (SSSR count). The molecule has 5 nitrogen and oxygen atoms in total. The molecule has 1 aliphatic rings. The molecule has 1 atom stereocenters. The minimum absolute atomic E-state index is 0.128. The molecular weight excluding hydrogens is 338 g/mol. The second-order valence-corrected chi connectivity index (χ2v) is 6.07. The lowest BCUT2D eigenvalue weighted by Crippen LogP contribution is -2.45. The van der Waals surface area contributed by atoms with Crippen LogP contribution in [0.15, 0.2) is 18.2 Å². The van der Waals surface area contributed by atoms with Gasteiger partial charge in [-0.15, -0.1) is 11.6 Å². The van der Waals surface area contributed by atoms with Gasteiger partial charge in [-0.2, -0.15) is 5.10 Å². The molecule has 1 aromatic carbocycles. The number of aromatic nitrogens is 3. The van der Waals surface area contributed by atoms with Gasteiger partial charge in [0.1, 0.15) is 29.2 Å². The van der Waals surface area contributed by atoms with Crippen LogP contribution in [0.25, 0.3) is 0 Å². The van der Waals surface area contributed by atoms with E-state index in [0.717, 1.165) is 5.82 Å². The van der Waals surface area contributed by atoms with Crippen LogP contribution >= 0.6 is 11.6 Å². The summed E-state index contributed by atoms with van der Waals surface area (Å²) in [7, 11) is 0. The van der Waals surface area contributed by atoms with Crippen molar-refractivity contribution in [1.82, 2.24) is 19.7 Å². The van der Waals surface area contributed by atoms with Gasteiger partial charge < -0.3 is 4.90 Å². The molecule has 2 aromatic rings. The summed E-state index contributed by atoms with van der Waals surface area (Å²) in [6.07, 6.45) is 1.30. The molecule has 1 unspecified atom stereocenters. The van der Waals surface area contributed by atoms with Crippen molar-refractivity contribution in [3.05, 3.63) is 47.0 Å². The summed E-state index contributed by atoms with van der Waals surface area (Å²) in [5.41, 5.74) is -0.128. The molecular formula is C16H17ClF2N4O. The van der Waals surface area contributed by atoms with Crippen LogP contribution in [0, 0.1) is 18.6 Å². The SMILES string of the molecule is Cc1nc2n(n1)CC(N(Cc1c(F)cccc1F)C(=O)CCl)CC2. The number of nitrogens with zero attached hydrogens (tertiary/aromatic N) is 4. The van der Waals surface area contributed by atoms with E-state index in [-0.39, 0.29) is 29.9 Å². The number of aryl methyl sites for hydroxylation is 2. The Bertz CT molecular complexity index is 744. The van der Waals surface area contributed by atoms with Gasteiger partial charge in [-0.05, 0) is 25.5 Å². The monoisotopic (exact) mass is 354 g/mol. The molecule has 0 saturated carbocycles. The molecule has 0 N–H and O–H groups in total. The van der Waals surface area contributed by atoms with E-state index >= 15 is 0 Å². The maximum atomic E-state index is 13.9. The highest BCUT2D eigenvalue weighted by Gasteiger charge is 2.30. The van der Waals surface area contributed by atoms with Crippen LogP contribution in [-0.2, 0) is 24.3 Å². The molecule has 2 heterocycles. The highest BCUT2D eigenvalue weighted by Crippen LogP contribution is 2.22. The van der Waals surface area contributed by atoms with Gasteiger partial charge in [-0.3, -0.25) is 4.79 Å². The summed E-state index contributed by atoms with van der Waals surface area (Å²) in [5.74, 6) is -0.411. The van der Waals surface area contributed by atoms with Gasteiger partial charge in [0.15, 0.2) is 0 Å². The smallest absolute Gasteiger partial charge is 0.238 e. The summed E-state index contributed by atoms with van der Waals surface area (Å²) in [6, 6.07) is 3.43. The fraction of sp³-hybridized carbons (Fsp3) is 0.438. The van der Waals surface area contributed by atoms with E-state index in [1.807, 2.05) is 0 Å². The molecule has 0 aliphatic carbocycles. The van der Waals surface area contributed by atoms with Crippen molar-refractivity contribution in [2.24, 2.45) is 0 Å². The number of carbonyl (C=O) groups is 1. The predicted molar refractivity (Wildman–Crippen MR) is 84.5 cm³/mol. The van der Waals surface area contributed by atoms with Gasteiger partial charge >= 0.3 is 0 Å². The zero-order valence-electron chi connectivity index (χ0n) is 13.2. The van der Waals surface area contributed by atoms with E-state index in [1.54, 1.807) is 11.6 Å². The number of alkyl halides is 1. The minimum Gasteiger partial charge on any atom is -0.332 e. The number of benzene rings is 1. The number of carbonyl (C=O) groups excluding carboxylic acids is 1. The van der Waals surface area contributed by atoms with Gasteiger partial charge in [0.25, 0.3) is 0 Å². The van der Waals surface area contributed by atoms with E-state index in [2.05, 4.69) is 10.1 Å². The van der Waals surface area contributed by atoms with Crippen LogP contribution < -0.4 is 0 Å². The minimum atomic E-state index is -0.671. The fourth-order valence-electron chi connectivity index (χ4n) is 3.02. The van der Waals surface area contributed by atoms with Crippen LogP contribution in [0.2, 0.25) is 0 Å². The molecule has 1 amide bonds. The standard InChI is InChI=1S/C16H17ClF2N4O/c1-10-20-15-6-5-11(8-23(15)21-10)22(16(24)7-17)9-12-13(18)3-2-4-14(12)19/h2-4,11H,5-9H2,1H3. The first-order valence-electron chi connectivity index (χ1n) is 7.68. The Morgan fingerprint density at radius 1 is 1.42 bits per heavy atom. The van der Waals surface area contributed by atoms with Crippen LogP contribution in [0.4, 0.5) is 8.78 Å². The number of hydrogen-bond acceptors (Lipinski definition) is 3. The van der Waals surface area contributed by atoms with E-state index in [1.165, 1.54) is 23.1 Å². The second-order valence-electron chi connectivity index (χ2n) is 5.81. The van der Waals surface area contributed by atoms with E-state index < -0.39 is 11.6 Å². The zero-order valence-corrected chi connectivity index (χ0v) is 13.9. The highest BCUT2D eigenvalue weighted by atomic mass is 35.5. The Kier molecular flexibility index (Phi) is 4.80. The van der Waals surface area contributed by atoms with Gasteiger partial charge in [0.2, 0.25) is 5.91 Å². The van der Waals surface area contributed by atoms with Crippen molar-refractivity contribution >= 4 is 17.5 Å². The summed E-state index contributed by atoms with van der Waals surface area (Å²) in [6.45, 7) is 2.09. The Morgan fingerprint density at radius 2 is 2.12 bits per heavy atom. The molecule has 0 fully saturated rings. The number of fused-ring (bicyclic) bond motifs is 1. The van der Waals surface area contributed by atoms with Crippen molar-refractivity contribution in [3.8, 4) is 0 Å². The first-order chi connectivity index (χ1) is 11.5. The average Bonchev–Trinajstić information content (AvgIpc) is 2.93. The van der Waals surface area contributed by atoms with E-state index in [0.29, 0.717) is 25.2 Å². The molecule has 24 heavy (non-hydrogen) atoms. The van der Waals surface area contributed by atoms with Crippen LogP contribution in [0.1, 0.15) is 23.6 Å². The molecule has 1 aromatic heterocycles. The van der Waals surface area contributed by atoms with Gasteiger partial charge in [-0.25, -0.2) is 18.4 Å². The van der Waals surface area contributed by atoms with Crippen molar-refractivity contribution in [1.29, 1.82) is 0 Å². The third-order valence-electron chi connectivity index (χ3n) is 4.20. The lowest BCUT2D eigenvalue weighted by atomic mass is 10.0. The number of amides is 1. The number of halogens is 3. The van der Waals surface area contributed by atoms with E-state index in [4.69, 9.17) is 11.6 Å². The third-order valence-corrected chi connectivity index (χ3v) is 4.43. The first kappa shape index (κ1) is 16.8. The maximum Gasteiger partial charge on any atom is 0.238 e. The Morgan fingerprint density at radius 3 is 2.79 bits per heavy atom. The summed E-state index contributed by atoms with van der Waals surface area (Å²) >= 11 is 5.70. The van der Waals surface area contributed by atoms with Crippen LogP contribution in [-0.4, -0.2) is 37.5 Å². The zero-order chi connectivity index (χ0) is 17.3. The van der Waals surface area contributed by atoms with Gasteiger partial charge in [0.05, 0.1) is 19.1 Å². The summed E-state index contributed by atoms with van der Waals surface area (Å²) < 4.78 is 29.6. The lowest BCUT2D eigenvalue weighted by molar-refractivity contribution is -0.132. The van der Waals surface area contributed by atoms with Gasteiger partial charge in [-0.1, -0.05) is 6.07 Å². The van der Waals surface area contributed by atoms with Crippen LogP contribution in [0.3, 0.4) is 0 Å². The van der Waals surface area contributed by atoms with Crippen LogP contribution in [0.5, 0.6) is 0 Å². The summed E-state index contributed by atoms with van der Waals surface area (Å²) in [4.78, 5) is 18.0. The van der Waals surface area contributed by atoms with Crippen molar-refractivity contribution in [2.45, 2.75) is 38.9 Å². The molecule has 0 radical (unpaired) electrons. The first-order valence-corrected chi connectivity index (χ1v) is 8.21. The highest BCUT2D eigenvalue weighted by molar-refractivity contribution is 6.27. The van der Waals surface area contributed by atoms with Crippen molar-refractivity contribution in [3.63, 3.8) is 0 Å². The largest absolute Gasteiger partial charge is 0.332 e. The predicted octanol–water partition coefficient (Wildman–Crippen LogP) is 2.45. The number of hydrogen-bond donors (Lipinski definition) is 0.